The molecular formula is C12H8Cl2F3NO. The van der Waals surface area contributed by atoms with Gasteiger partial charge in [-0.1, -0.05) is 23.2 Å². The smallest absolute Gasteiger partial charge is 0.390 e. The molecule has 0 aliphatic rings. The number of alkyl halides is 3. The number of hydrogen-bond donors (Lipinski definition) is 1. The average Bonchev–Trinajstić information content (AvgIpc) is 2.75. The van der Waals surface area contributed by atoms with E-state index in [1.54, 1.807) is 18.3 Å². The Labute approximate surface area is 117 Å². The van der Waals surface area contributed by atoms with E-state index in [1.807, 2.05) is 0 Å². The van der Waals surface area contributed by atoms with Crippen LogP contribution in [0.5, 0.6) is 0 Å². The van der Waals surface area contributed by atoms with Crippen LogP contribution in [0, 0.1) is 0 Å². The van der Waals surface area contributed by atoms with Crippen molar-refractivity contribution in [3.05, 3.63) is 51.8 Å². The third-order valence-corrected chi connectivity index (χ3v) is 3.16. The summed E-state index contributed by atoms with van der Waals surface area (Å²) in [7, 11) is 0. The van der Waals surface area contributed by atoms with Crippen LogP contribution in [0.25, 0.3) is 5.69 Å². The monoisotopic (exact) mass is 309 g/mol. The second-order valence-electron chi connectivity index (χ2n) is 3.81. The molecule has 0 aliphatic carbocycles. The molecule has 0 bridgehead atoms. The minimum Gasteiger partial charge on any atom is -0.390 e. The van der Waals surface area contributed by atoms with Gasteiger partial charge in [-0.2, -0.15) is 13.2 Å². The summed E-state index contributed by atoms with van der Waals surface area (Å²) in [6, 6.07) is 4.87. The first-order valence-corrected chi connectivity index (χ1v) is 5.94. The van der Waals surface area contributed by atoms with E-state index in [1.165, 1.54) is 4.57 Å². The summed E-state index contributed by atoms with van der Waals surface area (Å²) in [6.07, 6.45) is -2.95. The molecule has 102 valence electrons. The van der Waals surface area contributed by atoms with Crippen molar-refractivity contribution in [2.45, 2.75) is 12.8 Å². The highest BCUT2D eigenvalue weighted by Crippen LogP contribution is 2.37. The molecule has 1 N–H and O–H groups in total. The van der Waals surface area contributed by atoms with E-state index in [0.29, 0.717) is 5.69 Å². The summed E-state index contributed by atoms with van der Waals surface area (Å²) in [6.45, 7) is -0.277. The number of aliphatic hydroxyl groups is 1. The molecule has 7 heteroatoms. The average molecular weight is 310 g/mol. The van der Waals surface area contributed by atoms with Crippen molar-refractivity contribution in [3.8, 4) is 5.69 Å². The number of aromatic nitrogens is 1. The van der Waals surface area contributed by atoms with Gasteiger partial charge in [-0.25, -0.2) is 0 Å². The molecule has 0 saturated carbocycles. The van der Waals surface area contributed by atoms with Crippen LogP contribution in [-0.2, 0) is 12.8 Å². The largest absolute Gasteiger partial charge is 0.416 e. The van der Waals surface area contributed by atoms with E-state index in [0.717, 1.165) is 12.1 Å². The Morgan fingerprint density at radius 2 is 1.74 bits per heavy atom. The Morgan fingerprint density at radius 1 is 1.16 bits per heavy atom. The van der Waals surface area contributed by atoms with E-state index in [-0.39, 0.29) is 22.3 Å². The van der Waals surface area contributed by atoms with Crippen LogP contribution < -0.4 is 0 Å². The van der Waals surface area contributed by atoms with Crippen LogP contribution in [0.2, 0.25) is 10.0 Å². The molecule has 0 unspecified atom stereocenters. The standard InChI is InChI=1S/C12H8Cl2F3NO/c13-9-4-7(12(15,16)17)5-10(14)11(9)18-3-1-2-8(18)6-19/h1-5,19H,6H2. The molecule has 0 spiro atoms. The summed E-state index contributed by atoms with van der Waals surface area (Å²) in [5, 5.41) is 8.88. The minimum atomic E-state index is -4.51. The molecule has 1 aromatic carbocycles. The molecule has 0 radical (unpaired) electrons. The van der Waals surface area contributed by atoms with Crippen LogP contribution in [0.15, 0.2) is 30.5 Å². The lowest BCUT2D eigenvalue weighted by atomic mass is 10.2. The summed E-state index contributed by atoms with van der Waals surface area (Å²) in [5.74, 6) is 0. The lowest BCUT2D eigenvalue weighted by Crippen LogP contribution is -2.07. The Morgan fingerprint density at radius 3 is 2.21 bits per heavy atom. The zero-order valence-electron chi connectivity index (χ0n) is 9.38. The molecule has 19 heavy (non-hydrogen) atoms. The Hall–Kier alpha value is -1.17. The van der Waals surface area contributed by atoms with Gasteiger partial charge in [0, 0.05) is 11.9 Å². The van der Waals surface area contributed by atoms with Crippen LogP contribution in [0.1, 0.15) is 11.3 Å². The first kappa shape index (κ1) is 14.2. The predicted molar refractivity (Wildman–Crippen MR) is 66.7 cm³/mol. The van der Waals surface area contributed by atoms with Crippen LogP contribution in [0.4, 0.5) is 13.2 Å². The Kier molecular flexibility index (Phi) is 3.80. The maximum Gasteiger partial charge on any atom is 0.416 e. The molecule has 2 rings (SSSR count). The first-order valence-electron chi connectivity index (χ1n) is 5.18. The first-order chi connectivity index (χ1) is 8.84. The van der Waals surface area contributed by atoms with E-state index in [2.05, 4.69) is 0 Å². The normalized spacial score (nSPS) is 11.9. The van der Waals surface area contributed by atoms with E-state index in [4.69, 9.17) is 28.3 Å². The molecule has 1 heterocycles. The molecule has 2 aromatic rings. The van der Waals surface area contributed by atoms with Crippen LogP contribution >= 0.6 is 23.2 Å². The van der Waals surface area contributed by atoms with Crippen molar-refractivity contribution >= 4 is 23.2 Å². The second-order valence-corrected chi connectivity index (χ2v) is 4.63. The molecule has 0 saturated heterocycles. The molecule has 1 aromatic heterocycles. The summed E-state index contributed by atoms with van der Waals surface area (Å²) < 4.78 is 39.3. The number of halogens is 5. The fourth-order valence-electron chi connectivity index (χ4n) is 1.72. The zero-order chi connectivity index (χ0) is 14.2. The fourth-order valence-corrected chi connectivity index (χ4v) is 2.39. The van der Waals surface area contributed by atoms with E-state index >= 15 is 0 Å². The highest BCUT2D eigenvalue weighted by atomic mass is 35.5. The Balaban J connectivity index is 2.61. The highest BCUT2D eigenvalue weighted by Gasteiger charge is 2.32. The molecule has 0 aliphatic heterocycles. The fraction of sp³-hybridized carbons (Fsp3) is 0.167. The number of nitrogens with zero attached hydrogens (tertiary/aromatic N) is 1. The lowest BCUT2D eigenvalue weighted by molar-refractivity contribution is -0.137. The van der Waals surface area contributed by atoms with Crippen molar-refractivity contribution in [2.24, 2.45) is 0 Å². The van der Waals surface area contributed by atoms with Gasteiger partial charge < -0.3 is 9.67 Å². The maximum absolute atomic E-state index is 12.6. The molecule has 2 nitrogen and oxygen atoms in total. The number of rotatable bonds is 2. The van der Waals surface area contributed by atoms with Crippen LogP contribution in [0.3, 0.4) is 0 Å². The summed E-state index contributed by atoms with van der Waals surface area (Å²) >= 11 is 11.7. The van der Waals surface area contributed by atoms with Gasteiger partial charge in [-0.3, -0.25) is 0 Å². The van der Waals surface area contributed by atoms with Crippen molar-refractivity contribution in [1.29, 1.82) is 0 Å². The van der Waals surface area contributed by atoms with Crippen molar-refractivity contribution in [2.75, 3.05) is 0 Å². The van der Waals surface area contributed by atoms with Crippen LogP contribution in [-0.4, -0.2) is 9.67 Å². The highest BCUT2D eigenvalue weighted by molar-refractivity contribution is 6.37. The molecule has 0 fully saturated rings. The van der Waals surface area contributed by atoms with Crippen molar-refractivity contribution in [1.82, 2.24) is 4.57 Å². The van der Waals surface area contributed by atoms with Gasteiger partial charge in [0.05, 0.1) is 27.9 Å². The maximum atomic E-state index is 12.6. The topological polar surface area (TPSA) is 25.2 Å². The quantitative estimate of drug-likeness (QED) is 0.879. The van der Waals surface area contributed by atoms with Gasteiger partial charge in [-0.05, 0) is 24.3 Å². The lowest BCUT2D eigenvalue weighted by Gasteiger charge is -2.14. The third kappa shape index (κ3) is 2.73. The SMILES string of the molecule is OCc1cccn1-c1c(Cl)cc(C(F)(F)F)cc1Cl. The number of hydrogen-bond acceptors (Lipinski definition) is 1. The number of benzene rings is 1. The van der Waals surface area contributed by atoms with Gasteiger partial charge in [-0.15, -0.1) is 0 Å². The number of aliphatic hydroxyl groups excluding tert-OH is 1. The Bertz CT molecular complexity index is 584. The van der Waals surface area contributed by atoms with Crippen molar-refractivity contribution < 1.29 is 18.3 Å². The van der Waals surface area contributed by atoms with Gasteiger partial charge in [0.1, 0.15) is 0 Å². The van der Waals surface area contributed by atoms with Gasteiger partial charge in [0.15, 0.2) is 0 Å². The summed E-state index contributed by atoms with van der Waals surface area (Å²) in [5.41, 5.74) is -0.224. The molecular weight excluding hydrogens is 302 g/mol. The zero-order valence-corrected chi connectivity index (χ0v) is 10.9. The van der Waals surface area contributed by atoms with Gasteiger partial charge in [0.2, 0.25) is 0 Å². The molecule has 0 amide bonds. The van der Waals surface area contributed by atoms with Gasteiger partial charge in [0.25, 0.3) is 0 Å². The van der Waals surface area contributed by atoms with Gasteiger partial charge >= 0.3 is 6.18 Å². The third-order valence-electron chi connectivity index (χ3n) is 2.58. The molecule has 0 atom stereocenters. The van der Waals surface area contributed by atoms with E-state index in [9.17, 15) is 13.2 Å². The summed E-state index contributed by atoms with van der Waals surface area (Å²) in [4.78, 5) is 0. The van der Waals surface area contributed by atoms with Crippen molar-refractivity contribution in [3.63, 3.8) is 0 Å². The minimum absolute atomic E-state index is 0.134. The second kappa shape index (κ2) is 5.07. The van der Waals surface area contributed by atoms with E-state index < -0.39 is 11.7 Å². The predicted octanol–water partition coefficient (Wildman–Crippen LogP) is 4.30.